The van der Waals surface area contributed by atoms with Crippen LogP contribution in [0.1, 0.15) is 12.0 Å². The summed E-state index contributed by atoms with van der Waals surface area (Å²) in [6, 6.07) is 4.26. The summed E-state index contributed by atoms with van der Waals surface area (Å²) in [6.45, 7) is 1.73. The number of aliphatic hydroxyl groups is 1. The predicted octanol–water partition coefficient (Wildman–Crippen LogP) is 0.253. The lowest BCUT2D eigenvalue weighted by Crippen LogP contribution is -2.38. The molecule has 0 aliphatic carbocycles. The number of methoxy groups -OCH3 is 1. The molecule has 0 saturated carbocycles. The monoisotopic (exact) mass is 288 g/mol. The number of nitrogens with two attached hydrogens (primary N) is 1. The third kappa shape index (κ3) is 4.17. The summed E-state index contributed by atoms with van der Waals surface area (Å²) in [5.74, 6) is 0. The number of ether oxygens (including phenoxy) is 1. The SMILES string of the molecule is COCC(CCO)NS(=O)(=O)c1cccc(N)c1C. The van der Waals surface area contributed by atoms with E-state index in [0.717, 1.165) is 0 Å². The Morgan fingerprint density at radius 3 is 2.74 bits per heavy atom. The van der Waals surface area contributed by atoms with Gasteiger partial charge in [-0.3, -0.25) is 0 Å². The Kier molecular flexibility index (Phi) is 5.74. The van der Waals surface area contributed by atoms with Crippen molar-refractivity contribution in [2.45, 2.75) is 24.3 Å². The molecule has 0 aliphatic rings. The quantitative estimate of drug-likeness (QED) is 0.624. The van der Waals surface area contributed by atoms with Gasteiger partial charge in [0.2, 0.25) is 10.0 Å². The van der Waals surface area contributed by atoms with Gasteiger partial charge in [-0.15, -0.1) is 0 Å². The first-order chi connectivity index (χ1) is 8.92. The van der Waals surface area contributed by atoms with E-state index in [9.17, 15) is 8.42 Å². The van der Waals surface area contributed by atoms with Gasteiger partial charge in [-0.25, -0.2) is 13.1 Å². The number of sulfonamides is 1. The topological polar surface area (TPSA) is 102 Å². The van der Waals surface area contributed by atoms with Crippen molar-refractivity contribution in [1.82, 2.24) is 4.72 Å². The zero-order chi connectivity index (χ0) is 14.5. The second kappa shape index (κ2) is 6.85. The molecule has 19 heavy (non-hydrogen) atoms. The van der Waals surface area contributed by atoms with Gasteiger partial charge in [0.15, 0.2) is 0 Å². The van der Waals surface area contributed by atoms with Gasteiger partial charge in [-0.05, 0) is 31.0 Å². The third-order valence-electron chi connectivity index (χ3n) is 2.78. The molecule has 0 bridgehead atoms. The molecular formula is C12H20N2O4S. The third-order valence-corrected chi connectivity index (χ3v) is 4.45. The van der Waals surface area contributed by atoms with Gasteiger partial charge < -0.3 is 15.6 Å². The fraction of sp³-hybridized carbons (Fsp3) is 0.500. The summed E-state index contributed by atoms with van der Waals surface area (Å²) in [5, 5.41) is 8.92. The van der Waals surface area contributed by atoms with E-state index in [2.05, 4.69) is 4.72 Å². The van der Waals surface area contributed by atoms with Crippen LogP contribution in [0.5, 0.6) is 0 Å². The number of nitrogen functional groups attached to an aromatic ring is 1. The van der Waals surface area contributed by atoms with Crippen molar-refractivity contribution < 1.29 is 18.3 Å². The number of benzene rings is 1. The molecule has 0 aliphatic heterocycles. The lowest BCUT2D eigenvalue weighted by atomic mass is 10.2. The van der Waals surface area contributed by atoms with Crippen LogP contribution in [0.3, 0.4) is 0 Å². The summed E-state index contributed by atoms with van der Waals surface area (Å²) in [5.41, 5.74) is 6.64. The van der Waals surface area contributed by atoms with Crippen LogP contribution < -0.4 is 10.5 Å². The minimum absolute atomic E-state index is 0.119. The molecule has 0 amide bonds. The van der Waals surface area contributed by atoms with Crippen molar-refractivity contribution in [1.29, 1.82) is 0 Å². The summed E-state index contributed by atoms with van der Waals surface area (Å²) < 4.78 is 32.0. The Bertz CT molecular complexity index is 510. The first-order valence-electron chi connectivity index (χ1n) is 5.89. The Balaban J connectivity index is 3.00. The van der Waals surface area contributed by atoms with Crippen LogP contribution in [0.2, 0.25) is 0 Å². The zero-order valence-electron chi connectivity index (χ0n) is 11.1. The summed E-state index contributed by atoms with van der Waals surface area (Å²) in [4.78, 5) is 0.145. The summed E-state index contributed by atoms with van der Waals surface area (Å²) >= 11 is 0. The van der Waals surface area contributed by atoms with E-state index in [1.165, 1.54) is 13.2 Å². The van der Waals surface area contributed by atoms with Crippen molar-refractivity contribution >= 4 is 15.7 Å². The number of aliphatic hydroxyl groups excluding tert-OH is 1. The lowest BCUT2D eigenvalue weighted by molar-refractivity contribution is 0.158. The minimum atomic E-state index is -3.68. The number of hydrogen-bond donors (Lipinski definition) is 3. The second-order valence-electron chi connectivity index (χ2n) is 4.26. The average Bonchev–Trinajstić information content (AvgIpc) is 2.32. The highest BCUT2D eigenvalue weighted by Gasteiger charge is 2.22. The number of nitrogens with one attached hydrogen (secondary N) is 1. The molecule has 0 saturated heterocycles. The van der Waals surface area contributed by atoms with Crippen molar-refractivity contribution in [3.05, 3.63) is 23.8 Å². The van der Waals surface area contributed by atoms with Crippen molar-refractivity contribution in [3.8, 4) is 0 Å². The molecule has 1 atom stereocenters. The molecule has 4 N–H and O–H groups in total. The molecule has 1 unspecified atom stereocenters. The zero-order valence-corrected chi connectivity index (χ0v) is 11.9. The molecular weight excluding hydrogens is 268 g/mol. The molecule has 0 aromatic heterocycles. The molecule has 1 rings (SSSR count). The van der Waals surface area contributed by atoms with Gasteiger partial charge in [-0.2, -0.15) is 0 Å². The van der Waals surface area contributed by atoms with Crippen LogP contribution in [0.25, 0.3) is 0 Å². The van der Waals surface area contributed by atoms with Gasteiger partial charge in [0.25, 0.3) is 0 Å². The Hall–Kier alpha value is -1.15. The molecule has 1 aromatic rings. The average molecular weight is 288 g/mol. The Labute approximate surface area is 113 Å². The number of anilines is 1. The highest BCUT2D eigenvalue weighted by molar-refractivity contribution is 7.89. The molecule has 0 heterocycles. The first-order valence-corrected chi connectivity index (χ1v) is 7.38. The van der Waals surface area contributed by atoms with E-state index in [-0.39, 0.29) is 24.5 Å². The molecule has 0 radical (unpaired) electrons. The maximum Gasteiger partial charge on any atom is 0.241 e. The van der Waals surface area contributed by atoms with Crippen molar-refractivity contribution in [3.63, 3.8) is 0 Å². The standard InChI is InChI=1S/C12H20N2O4S/c1-9-11(13)4-3-5-12(9)19(16,17)14-10(6-7-15)8-18-2/h3-5,10,14-15H,6-8,13H2,1-2H3. The Morgan fingerprint density at radius 2 is 2.16 bits per heavy atom. The smallest absolute Gasteiger partial charge is 0.241 e. The van der Waals surface area contributed by atoms with Crippen LogP contribution in [0.15, 0.2) is 23.1 Å². The molecule has 1 aromatic carbocycles. The fourth-order valence-corrected chi connectivity index (χ4v) is 3.27. The summed E-state index contributed by atoms with van der Waals surface area (Å²) in [7, 11) is -2.20. The van der Waals surface area contributed by atoms with Crippen molar-refractivity contribution in [2.75, 3.05) is 26.1 Å². The van der Waals surface area contributed by atoms with Crippen LogP contribution >= 0.6 is 0 Å². The molecule has 7 heteroatoms. The van der Waals surface area contributed by atoms with Gasteiger partial charge in [0, 0.05) is 25.4 Å². The highest BCUT2D eigenvalue weighted by Crippen LogP contribution is 2.20. The van der Waals surface area contributed by atoms with Gasteiger partial charge in [-0.1, -0.05) is 6.07 Å². The minimum Gasteiger partial charge on any atom is -0.398 e. The predicted molar refractivity (Wildman–Crippen MR) is 73.3 cm³/mol. The maximum absolute atomic E-state index is 12.3. The van der Waals surface area contributed by atoms with E-state index >= 15 is 0 Å². The lowest BCUT2D eigenvalue weighted by Gasteiger charge is -2.18. The van der Waals surface area contributed by atoms with Crippen LogP contribution in [0.4, 0.5) is 5.69 Å². The van der Waals surface area contributed by atoms with E-state index in [4.69, 9.17) is 15.6 Å². The largest absolute Gasteiger partial charge is 0.398 e. The van der Waals surface area contributed by atoms with E-state index < -0.39 is 16.1 Å². The van der Waals surface area contributed by atoms with Crippen LogP contribution in [-0.2, 0) is 14.8 Å². The van der Waals surface area contributed by atoms with Gasteiger partial charge in [0.05, 0.1) is 11.5 Å². The summed E-state index contributed by atoms with van der Waals surface area (Å²) in [6.07, 6.45) is 0.286. The van der Waals surface area contributed by atoms with E-state index in [0.29, 0.717) is 11.3 Å². The van der Waals surface area contributed by atoms with Crippen molar-refractivity contribution in [2.24, 2.45) is 0 Å². The highest BCUT2D eigenvalue weighted by atomic mass is 32.2. The normalized spacial score (nSPS) is 13.4. The fourth-order valence-electron chi connectivity index (χ4n) is 1.74. The van der Waals surface area contributed by atoms with E-state index in [1.54, 1.807) is 19.1 Å². The number of hydrogen-bond acceptors (Lipinski definition) is 5. The second-order valence-corrected chi connectivity index (χ2v) is 5.94. The van der Waals surface area contributed by atoms with Gasteiger partial charge in [0.1, 0.15) is 0 Å². The number of rotatable bonds is 7. The molecule has 6 nitrogen and oxygen atoms in total. The van der Waals surface area contributed by atoms with Crippen LogP contribution in [-0.4, -0.2) is 39.9 Å². The van der Waals surface area contributed by atoms with Crippen LogP contribution in [0, 0.1) is 6.92 Å². The first kappa shape index (κ1) is 15.9. The maximum atomic E-state index is 12.3. The Morgan fingerprint density at radius 1 is 1.47 bits per heavy atom. The molecule has 0 spiro atoms. The van der Waals surface area contributed by atoms with Gasteiger partial charge >= 0.3 is 0 Å². The molecule has 108 valence electrons. The van der Waals surface area contributed by atoms with E-state index in [1.807, 2.05) is 0 Å². The molecule has 0 fully saturated rings.